The predicted molar refractivity (Wildman–Crippen MR) is 78.1 cm³/mol. The van der Waals surface area contributed by atoms with Crippen molar-refractivity contribution in [2.24, 2.45) is 5.92 Å². The van der Waals surface area contributed by atoms with Gasteiger partial charge in [-0.1, -0.05) is 12.8 Å². The molecule has 2 heterocycles. The van der Waals surface area contributed by atoms with Crippen molar-refractivity contribution in [1.29, 1.82) is 0 Å². The van der Waals surface area contributed by atoms with E-state index >= 15 is 0 Å². The van der Waals surface area contributed by atoms with Gasteiger partial charge < -0.3 is 10.6 Å². The fourth-order valence-electron chi connectivity index (χ4n) is 3.73. The summed E-state index contributed by atoms with van der Waals surface area (Å²) in [6.07, 6.45) is 7.68. The number of likely N-dealkylation sites (tertiary alicyclic amines) is 1. The molecule has 19 heavy (non-hydrogen) atoms. The average molecular weight is 267 g/mol. The molecule has 0 saturated carbocycles. The van der Waals surface area contributed by atoms with Gasteiger partial charge in [0.05, 0.1) is 6.04 Å². The van der Waals surface area contributed by atoms with Crippen LogP contribution < -0.4 is 10.6 Å². The van der Waals surface area contributed by atoms with E-state index < -0.39 is 0 Å². The standard InChI is InChI=1S/C15H29N3O/c1-12(15(19)16-2)18-11-5-3-4-6-14(18)13-7-9-17-10-8-13/h12-14,17H,3-11H2,1-2H3,(H,16,19). The highest BCUT2D eigenvalue weighted by Gasteiger charge is 2.34. The van der Waals surface area contributed by atoms with Gasteiger partial charge in [-0.2, -0.15) is 0 Å². The third-order valence-electron chi connectivity index (χ3n) is 4.89. The number of hydrogen-bond donors (Lipinski definition) is 2. The lowest BCUT2D eigenvalue weighted by molar-refractivity contribution is -0.126. The Kier molecular flexibility index (Phi) is 5.64. The lowest BCUT2D eigenvalue weighted by Gasteiger charge is -2.40. The van der Waals surface area contributed by atoms with Crippen LogP contribution in [0.2, 0.25) is 0 Å². The number of carbonyl (C=O) groups is 1. The molecule has 2 fully saturated rings. The molecule has 2 aliphatic rings. The topological polar surface area (TPSA) is 44.4 Å². The quantitative estimate of drug-likeness (QED) is 0.811. The molecule has 0 aromatic carbocycles. The minimum absolute atomic E-state index is 0.0167. The molecular weight excluding hydrogens is 238 g/mol. The molecule has 2 aliphatic heterocycles. The van der Waals surface area contributed by atoms with Gasteiger partial charge in [-0.15, -0.1) is 0 Å². The predicted octanol–water partition coefficient (Wildman–Crippen LogP) is 1.37. The number of hydrogen-bond acceptors (Lipinski definition) is 3. The van der Waals surface area contributed by atoms with Crippen molar-refractivity contribution in [1.82, 2.24) is 15.5 Å². The summed E-state index contributed by atoms with van der Waals surface area (Å²) in [5, 5.41) is 6.26. The van der Waals surface area contributed by atoms with E-state index in [9.17, 15) is 4.79 Å². The molecule has 110 valence electrons. The van der Waals surface area contributed by atoms with Crippen LogP contribution in [0.3, 0.4) is 0 Å². The maximum Gasteiger partial charge on any atom is 0.236 e. The van der Waals surface area contributed by atoms with E-state index in [0.29, 0.717) is 6.04 Å². The van der Waals surface area contributed by atoms with Crippen LogP contribution in [-0.2, 0) is 4.79 Å². The van der Waals surface area contributed by atoms with E-state index in [4.69, 9.17) is 0 Å². The molecule has 0 aromatic heterocycles. The Bertz CT molecular complexity index is 289. The van der Waals surface area contributed by atoms with Gasteiger partial charge in [0, 0.05) is 13.1 Å². The number of rotatable bonds is 3. The molecule has 2 unspecified atom stereocenters. The molecule has 0 aliphatic carbocycles. The van der Waals surface area contributed by atoms with Crippen LogP contribution in [0.5, 0.6) is 0 Å². The SMILES string of the molecule is CNC(=O)C(C)N1CCCCCC1C1CCNCC1. The van der Waals surface area contributed by atoms with Gasteiger partial charge in [-0.05, 0) is 58.2 Å². The first-order valence-corrected chi connectivity index (χ1v) is 7.92. The summed E-state index contributed by atoms with van der Waals surface area (Å²) >= 11 is 0. The Morgan fingerprint density at radius 1 is 1.21 bits per heavy atom. The van der Waals surface area contributed by atoms with Gasteiger partial charge >= 0.3 is 0 Å². The van der Waals surface area contributed by atoms with Crippen molar-refractivity contribution in [2.45, 2.75) is 57.5 Å². The Balaban J connectivity index is 2.07. The Labute approximate surface area is 117 Å². The van der Waals surface area contributed by atoms with Gasteiger partial charge in [0.1, 0.15) is 0 Å². The van der Waals surface area contributed by atoms with Crippen LogP contribution in [0.25, 0.3) is 0 Å². The largest absolute Gasteiger partial charge is 0.358 e. The van der Waals surface area contributed by atoms with Crippen LogP contribution in [0.4, 0.5) is 0 Å². The minimum atomic E-state index is 0.0167. The van der Waals surface area contributed by atoms with E-state index in [1.54, 1.807) is 7.05 Å². The second-order valence-corrected chi connectivity index (χ2v) is 6.03. The zero-order valence-corrected chi connectivity index (χ0v) is 12.5. The monoisotopic (exact) mass is 267 g/mol. The smallest absolute Gasteiger partial charge is 0.236 e. The second-order valence-electron chi connectivity index (χ2n) is 6.03. The molecular formula is C15H29N3O. The number of nitrogens with zero attached hydrogens (tertiary/aromatic N) is 1. The number of likely N-dealkylation sites (N-methyl/N-ethyl adjacent to an activating group) is 1. The lowest BCUT2D eigenvalue weighted by Crippen LogP contribution is -2.52. The number of amides is 1. The summed E-state index contributed by atoms with van der Waals surface area (Å²) in [6, 6.07) is 0.625. The van der Waals surface area contributed by atoms with Crippen molar-refractivity contribution in [3.05, 3.63) is 0 Å². The molecule has 4 heteroatoms. The van der Waals surface area contributed by atoms with Gasteiger partial charge in [0.2, 0.25) is 5.91 Å². The molecule has 2 N–H and O–H groups in total. The van der Waals surface area contributed by atoms with E-state index in [1.165, 1.54) is 38.5 Å². The highest BCUT2D eigenvalue weighted by Crippen LogP contribution is 2.29. The lowest BCUT2D eigenvalue weighted by atomic mass is 9.86. The van der Waals surface area contributed by atoms with Crippen molar-refractivity contribution in [3.8, 4) is 0 Å². The van der Waals surface area contributed by atoms with Crippen LogP contribution in [0.1, 0.15) is 45.4 Å². The summed E-state index contributed by atoms with van der Waals surface area (Å²) in [6.45, 7) is 5.44. The molecule has 4 nitrogen and oxygen atoms in total. The average Bonchev–Trinajstić information content (AvgIpc) is 2.72. The third-order valence-corrected chi connectivity index (χ3v) is 4.89. The zero-order chi connectivity index (χ0) is 13.7. The van der Waals surface area contributed by atoms with E-state index in [-0.39, 0.29) is 11.9 Å². The first kappa shape index (κ1) is 14.8. The molecule has 1 amide bonds. The Hall–Kier alpha value is -0.610. The molecule has 0 bridgehead atoms. The number of nitrogens with one attached hydrogen (secondary N) is 2. The molecule has 0 radical (unpaired) electrons. The van der Waals surface area contributed by atoms with Crippen LogP contribution in [0.15, 0.2) is 0 Å². The summed E-state index contributed by atoms with van der Waals surface area (Å²) in [4.78, 5) is 14.5. The summed E-state index contributed by atoms with van der Waals surface area (Å²) < 4.78 is 0. The number of piperidine rings is 1. The van der Waals surface area contributed by atoms with Crippen LogP contribution in [-0.4, -0.2) is 49.6 Å². The fourth-order valence-corrected chi connectivity index (χ4v) is 3.73. The van der Waals surface area contributed by atoms with Gasteiger partial charge in [-0.25, -0.2) is 0 Å². The summed E-state index contributed by atoms with van der Waals surface area (Å²) in [5.41, 5.74) is 0. The maximum absolute atomic E-state index is 12.0. The molecule has 2 rings (SSSR count). The summed E-state index contributed by atoms with van der Waals surface area (Å²) in [5.74, 6) is 0.937. The highest BCUT2D eigenvalue weighted by molar-refractivity contribution is 5.81. The van der Waals surface area contributed by atoms with E-state index in [2.05, 4.69) is 22.5 Å². The number of carbonyl (C=O) groups excluding carboxylic acids is 1. The van der Waals surface area contributed by atoms with Crippen molar-refractivity contribution >= 4 is 5.91 Å². The fraction of sp³-hybridized carbons (Fsp3) is 0.933. The van der Waals surface area contributed by atoms with E-state index in [0.717, 1.165) is 25.6 Å². The van der Waals surface area contributed by atoms with Gasteiger partial charge in [0.15, 0.2) is 0 Å². The first-order chi connectivity index (χ1) is 9.24. The molecule has 2 saturated heterocycles. The van der Waals surface area contributed by atoms with Gasteiger partial charge in [0.25, 0.3) is 0 Å². The van der Waals surface area contributed by atoms with Crippen LogP contribution in [0, 0.1) is 5.92 Å². The first-order valence-electron chi connectivity index (χ1n) is 7.92. The zero-order valence-electron chi connectivity index (χ0n) is 12.5. The Morgan fingerprint density at radius 3 is 2.63 bits per heavy atom. The van der Waals surface area contributed by atoms with Gasteiger partial charge in [-0.3, -0.25) is 9.69 Å². The molecule has 2 atom stereocenters. The third kappa shape index (κ3) is 3.69. The van der Waals surface area contributed by atoms with Crippen molar-refractivity contribution in [2.75, 3.05) is 26.7 Å². The Morgan fingerprint density at radius 2 is 1.95 bits per heavy atom. The normalized spacial score (nSPS) is 28.6. The van der Waals surface area contributed by atoms with E-state index in [1.807, 2.05) is 0 Å². The van der Waals surface area contributed by atoms with Crippen LogP contribution >= 0.6 is 0 Å². The highest BCUT2D eigenvalue weighted by atomic mass is 16.2. The minimum Gasteiger partial charge on any atom is -0.358 e. The van der Waals surface area contributed by atoms with Crippen molar-refractivity contribution in [3.63, 3.8) is 0 Å². The maximum atomic E-state index is 12.0. The molecule has 0 aromatic rings. The summed E-state index contributed by atoms with van der Waals surface area (Å²) in [7, 11) is 1.75. The second kappa shape index (κ2) is 7.25. The molecule has 0 spiro atoms. The van der Waals surface area contributed by atoms with Crippen molar-refractivity contribution < 1.29 is 4.79 Å².